The van der Waals surface area contributed by atoms with Crippen LogP contribution in [-0.4, -0.2) is 39.3 Å². The van der Waals surface area contributed by atoms with Gasteiger partial charge >= 0.3 is 0 Å². The molecule has 7 heteroatoms. The first-order valence-corrected chi connectivity index (χ1v) is 8.02. The minimum Gasteiger partial charge on any atom is -0.487 e. The minimum atomic E-state index is -3.42. The molecular weight excluding hydrogens is 280 g/mol. The Morgan fingerprint density at radius 2 is 2.20 bits per heavy atom. The Hall–Kier alpha value is -1.60. The van der Waals surface area contributed by atoms with Crippen molar-refractivity contribution in [2.75, 3.05) is 23.7 Å². The van der Waals surface area contributed by atoms with Gasteiger partial charge < -0.3 is 15.4 Å². The van der Waals surface area contributed by atoms with Gasteiger partial charge in [-0.2, -0.15) is 0 Å². The number of sulfone groups is 1. The molecule has 2 rings (SSSR count). The van der Waals surface area contributed by atoms with E-state index in [0.717, 1.165) is 0 Å². The molecule has 1 atom stereocenters. The molecule has 1 aromatic rings. The van der Waals surface area contributed by atoms with Crippen LogP contribution in [0.25, 0.3) is 0 Å². The van der Waals surface area contributed by atoms with Crippen molar-refractivity contribution in [1.29, 1.82) is 0 Å². The predicted molar refractivity (Wildman–Crippen MR) is 75.7 cm³/mol. The Kier molecular flexibility index (Phi) is 4.01. The molecule has 0 fully saturated rings. The second-order valence-corrected chi connectivity index (χ2v) is 6.90. The van der Waals surface area contributed by atoms with E-state index < -0.39 is 9.84 Å². The van der Waals surface area contributed by atoms with Crippen LogP contribution < -0.4 is 15.4 Å². The van der Waals surface area contributed by atoms with Crippen LogP contribution in [0.4, 0.5) is 5.69 Å². The van der Waals surface area contributed by atoms with E-state index in [0.29, 0.717) is 18.0 Å². The standard InChI is InChI=1S/C13H18N2O4S/c1-9-8-15(10(2)16)12-7-11(3-4-13(12)19-9)20(17,18)6-5-14/h3-4,7,9H,5-6,8,14H2,1-2H3. The van der Waals surface area contributed by atoms with Gasteiger partial charge in [0.15, 0.2) is 9.84 Å². The summed E-state index contributed by atoms with van der Waals surface area (Å²) in [6.45, 7) is 3.77. The predicted octanol–water partition coefficient (Wildman–Crippen LogP) is 0.553. The quantitative estimate of drug-likeness (QED) is 0.880. The smallest absolute Gasteiger partial charge is 0.224 e. The number of fused-ring (bicyclic) bond motifs is 1. The molecule has 0 bridgehead atoms. The molecule has 6 nitrogen and oxygen atoms in total. The van der Waals surface area contributed by atoms with Gasteiger partial charge in [0.05, 0.1) is 22.9 Å². The van der Waals surface area contributed by atoms with Gasteiger partial charge in [-0.15, -0.1) is 0 Å². The van der Waals surface area contributed by atoms with Gasteiger partial charge in [0.25, 0.3) is 0 Å². The fourth-order valence-electron chi connectivity index (χ4n) is 2.18. The number of carbonyl (C=O) groups excluding carboxylic acids is 1. The second kappa shape index (κ2) is 5.41. The number of anilines is 1. The molecule has 1 amide bonds. The fourth-order valence-corrected chi connectivity index (χ4v) is 3.29. The van der Waals surface area contributed by atoms with Crippen molar-refractivity contribution in [3.63, 3.8) is 0 Å². The number of nitrogens with two attached hydrogens (primary N) is 1. The number of nitrogens with zero attached hydrogens (tertiary/aromatic N) is 1. The molecule has 0 radical (unpaired) electrons. The largest absolute Gasteiger partial charge is 0.487 e. The minimum absolute atomic E-state index is 0.0589. The van der Waals surface area contributed by atoms with Crippen molar-refractivity contribution in [2.24, 2.45) is 5.73 Å². The summed E-state index contributed by atoms with van der Waals surface area (Å²) >= 11 is 0. The molecule has 0 aromatic heterocycles. The molecule has 1 aliphatic heterocycles. The summed E-state index contributed by atoms with van der Waals surface area (Å²) in [6, 6.07) is 4.55. The van der Waals surface area contributed by atoms with Crippen molar-refractivity contribution >= 4 is 21.4 Å². The van der Waals surface area contributed by atoms with Gasteiger partial charge in [-0.1, -0.05) is 0 Å². The van der Waals surface area contributed by atoms with E-state index in [1.807, 2.05) is 6.92 Å². The number of carbonyl (C=O) groups is 1. The molecule has 0 saturated carbocycles. The summed E-state index contributed by atoms with van der Waals surface area (Å²) in [5, 5.41) is 0. The monoisotopic (exact) mass is 298 g/mol. The second-order valence-electron chi connectivity index (χ2n) is 4.80. The van der Waals surface area contributed by atoms with Crippen LogP contribution >= 0.6 is 0 Å². The van der Waals surface area contributed by atoms with Gasteiger partial charge in [0.1, 0.15) is 11.9 Å². The summed E-state index contributed by atoms with van der Waals surface area (Å²) in [4.78, 5) is 13.4. The first-order valence-electron chi connectivity index (χ1n) is 6.37. The number of amides is 1. The van der Waals surface area contributed by atoms with E-state index in [2.05, 4.69) is 0 Å². The van der Waals surface area contributed by atoms with Crippen molar-refractivity contribution in [3.8, 4) is 5.75 Å². The van der Waals surface area contributed by atoms with Crippen LogP contribution in [0, 0.1) is 0 Å². The Labute approximate surface area is 118 Å². The molecule has 20 heavy (non-hydrogen) atoms. The van der Waals surface area contributed by atoms with Crippen LogP contribution in [0.15, 0.2) is 23.1 Å². The topological polar surface area (TPSA) is 89.7 Å². The summed E-state index contributed by atoms with van der Waals surface area (Å²) in [6.07, 6.45) is -0.127. The fraction of sp³-hybridized carbons (Fsp3) is 0.462. The van der Waals surface area contributed by atoms with Crippen LogP contribution in [-0.2, 0) is 14.6 Å². The van der Waals surface area contributed by atoms with E-state index >= 15 is 0 Å². The highest BCUT2D eigenvalue weighted by atomic mass is 32.2. The van der Waals surface area contributed by atoms with Gasteiger partial charge in [0, 0.05) is 13.5 Å². The first-order chi connectivity index (χ1) is 9.35. The lowest BCUT2D eigenvalue weighted by Crippen LogP contribution is -2.41. The highest BCUT2D eigenvalue weighted by Gasteiger charge is 2.27. The molecule has 0 spiro atoms. The van der Waals surface area contributed by atoms with Crippen LogP contribution in [0.2, 0.25) is 0 Å². The lowest BCUT2D eigenvalue weighted by Gasteiger charge is -2.33. The first kappa shape index (κ1) is 14.8. The molecule has 1 heterocycles. The van der Waals surface area contributed by atoms with Gasteiger partial charge in [0.2, 0.25) is 5.91 Å². The lowest BCUT2D eigenvalue weighted by molar-refractivity contribution is -0.117. The highest BCUT2D eigenvalue weighted by molar-refractivity contribution is 7.91. The van der Waals surface area contributed by atoms with Crippen molar-refractivity contribution in [1.82, 2.24) is 0 Å². The normalized spacial score (nSPS) is 18.4. The molecule has 1 aromatic carbocycles. The van der Waals surface area contributed by atoms with E-state index in [-0.39, 0.29) is 29.2 Å². The molecule has 1 aliphatic rings. The molecule has 0 saturated heterocycles. The van der Waals surface area contributed by atoms with Crippen molar-refractivity contribution in [3.05, 3.63) is 18.2 Å². The van der Waals surface area contributed by atoms with Crippen molar-refractivity contribution < 1.29 is 17.9 Å². The number of hydrogen-bond donors (Lipinski definition) is 1. The maximum Gasteiger partial charge on any atom is 0.224 e. The van der Waals surface area contributed by atoms with Crippen LogP contribution in [0.1, 0.15) is 13.8 Å². The zero-order valence-electron chi connectivity index (χ0n) is 11.5. The molecule has 0 aliphatic carbocycles. The molecule has 2 N–H and O–H groups in total. The van der Waals surface area contributed by atoms with E-state index in [9.17, 15) is 13.2 Å². The lowest BCUT2D eigenvalue weighted by atomic mass is 10.2. The zero-order chi connectivity index (χ0) is 14.9. The van der Waals surface area contributed by atoms with E-state index in [1.54, 1.807) is 6.07 Å². The van der Waals surface area contributed by atoms with Crippen LogP contribution in [0.5, 0.6) is 5.75 Å². The number of benzene rings is 1. The van der Waals surface area contributed by atoms with E-state index in [4.69, 9.17) is 10.5 Å². The number of rotatable bonds is 3. The summed E-state index contributed by atoms with van der Waals surface area (Å²) < 4.78 is 29.7. The van der Waals surface area contributed by atoms with Crippen molar-refractivity contribution in [2.45, 2.75) is 24.8 Å². The highest BCUT2D eigenvalue weighted by Crippen LogP contribution is 2.35. The van der Waals surface area contributed by atoms with Crippen LogP contribution in [0.3, 0.4) is 0 Å². The maximum atomic E-state index is 12.0. The Morgan fingerprint density at radius 3 is 2.80 bits per heavy atom. The van der Waals surface area contributed by atoms with Gasteiger partial charge in [-0.05, 0) is 25.1 Å². The Balaban J connectivity index is 2.49. The molecule has 110 valence electrons. The summed E-state index contributed by atoms with van der Waals surface area (Å²) in [7, 11) is -3.42. The molecular formula is C13H18N2O4S. The third-order valence-corrected chi connectivity index (χ3v) is 4.86. The number of hydrogen-bond acceptors (Lipinski definition) is 5. The Morgan fingerprint density at radius 1 is 1.50 bits per heavy atom. The van der Waals surface area contributed by atoms with E-state index in [1.165, 1.54) is 24.0 Å². The zero-order valence-corrected chi connectivity index (χ0v) is 12.3. The van der Waals surface area contributed by atoms with Gasteiger partial charge in [-0.25, -0.2) is 8.42 Å². The third-order valence-electron chi connectivity index (χ3n) is 3.11. The summed E-state index contributed by atoms with van der Waals surface area (Å²) in [5.74, 6) is 0.253. The Bertz CT molecular complexity index is 627. The average molecular weight is 298 g/mol. The molecule has 1 unspecified atom stereocenters. The summed E-state index contributed by atoms with van der Waals surface area (Å²) in [5.41, 5.74) is 5.81. The SMILES string of the molecule is CC(=O)N1CC(C)Oc2ccc(S(=O)(=O)CCN)cc21. The maximum absolute atomic E-state index is 12.0. The number of ether oxygens (including phenoxy) is 1. The average Bonchev–Trinajstić information content (AvgIpc) is 2.36. The van der Waals surface area contributed by atoms with Gasteiger partial charge in [-0.3, -0.25) is 4.79 Å². The third kappa shape index (κ3) is 2.78.